The molecule has 7 unspecified atom stereocenters. The molecular formula is C22H26O11. The van der Waals surface area contributed by atoms with Crippen LogP contribution in [0.5, 0.6) is 28.7 Å². The second-order valence-electron chi connectivity index (χ2n) is 7.98. The van der Waals surface area contributed by atoms with Crippen LogP contribution < -0.4 is 14.2 Å². The lowest BCUT2D eigenvalue weighted by atomic mass is 9.93. The molecule has 180 valence electrons. The molecule has 1 saturated heterocycles. The van der Waals surface area contributed by atoms with Crippen LogP contribution in [0.4, 0.5) is 0 Å². The number of aromatic hydroxyl groups is 2. The standard InChI is InChI=1S/C22H26O11/c1-30-10-5-15-11(7-14(26)21(31-15)9-2-3-12(24)13(25)4-9)16(6-10)32-22-20(29)19(28)18(27)17(8-23)33-22/h2-6,14,17-29H,7-8H2,1H3. The fraction of sp³-hybridized carbons (Fsp3) is 0.455. The Kier molecular flexibility index (Phi) is 6.52. The van der Waals surface area contributed by atoms with E-state index in [1.165, 1.54) is 31.4 Å². The Morgan fingerprint density at radius 1 is 0.970 bits per heavy atom. The van der Waals surface area contributed by atoms with Gasteiger partial charge in [0, 0.05) is 24.1 Å². The zero-order chi connectivity index (χ0) is 23.9. The first-order valence-corrected chi connectivity index (χ1v) is 10.3. The number of hydrogen-bond donors (Lipinski definition) is 7. The van der Waals surface area contributed by atoms with Gasteiger partial charge in [0.1, 0.15) is 47.8 Å². The first-order chi connectivity index (χ1) is 15.7. The second kappa shape index (κ2) is 9.21. The van der Waals surface area contributed by atoms with Crippen molar-refractivity contribution >= 4 is 0 Å². The number of hydrogen-bond acceptors (Lipinski definition) is 11. The Labute approximate surface area is 188 Å². The third kappa shape index (κ3) is 4.38. The summed E-state index contributed by atoms with van der Waals surface area (Å²) in [6.45, 7) is -0.607. The molecule has 7 atom stereocenters. The molecule has 4 rings (SSSR count). The van der Waals surface area contributed by atoms with Gasteiger partial charge in [-0.15, -0.1) is 0 Å². The number of aliphatic hydroxyl groups is 5. The van der Waals surface area contributed by atoms with Crippen molar-refractivity contribution in [3.63, 3.8) is 0 Å². The van der Waals surface area contributed by atoms with E-state index >= 15 is 0 Å². The van der Waals surface area contributed by atoms with Crippen LogP contribution >= 0.6 is 0 Å². The highest BCUT2D eigenvalue weighted by Gasteiger charge is 2.45. The lowest BCUT2D eigenvalue weighted by Gasteiger charge is -2.40. The summed E-state index contributed by atoms with van der Waals surface area (Å²) in [5.74, 6) is 0.112. The molecule has 33 heavy (non-hydrogen) atoms. The number of phenols is 2. The van der Waals surface area contributed by atoms with E-state index in [0.717, 1.165) is 0 Å². The number of methoxy groups -OCH3 is 1. The molecule has 2 aromatic carbocycles. The summed E-state index contributed by atoms with van der Waals surface area (Å²) in [4.78, 5) is 0. The van der Waals surface area contributed by atoms with Gasteiger partial charge in [-0.05, 0) is 17.7 Å². The zero-order valence-corrected chi connectivity index (χ0v) is 17.6. The first-order valence-electron chi connectivity index (χ1n) is 10.3. The largest absolute Gasteiger partial charge is 0.504 e. The maximum absolute atomic E-state index is 10.8. The van der Waals surface area contributed by atoms with E-state index in [0.29, 0.717) is 22.6 Å². The van der Waals surface area contributed by atoms with Crippen LogP contribution in [-0.2, 0) is 11.2 Å². The van der Waals surface area contributed by atoms with E-state index in [1.807, 2.05) is 0 Å². The smallest absolute Gasteiger partial charge is 0.229 e. The minimum absolute atomic E-state index is 0.0540. The molecule has 2 aromatic rings. The molecule has 0 bridgehead atoms. The Balaban J connectivity index is 1.65. The van der Waals surface area contributed by atoms with E-state index in [-0.39, 0.29) is 23.7 Å². The number of rotatable bonds is 5. The van der Waals surface area contributed by atoms with Crippen LogP contribution in [-0.4, -0.2) is 86.3 Å². The van der Waals surface area contributed by atoms with Crippen molar-refractivity contribution in [2.24, 2.45) is 0 Å². The molecule has 0 radical (unpaired) electrons. The van der Waals surface area contributed by atoms with Gasteiger partial charge in [0.2, 0.25) is 6.29 Å². The predicted octanol–water partition coefficient (Wildman–Crippen LogP) is -0.678. The molecule has 0 spiro atoms. The van der Waals surface area contributed by atoms with Crippen LogP contribution in [0.1, 0.15) is 17.2 Å². The van der Waals surface area contributed by atoms with Crippen molar-refractivity contribution in [1.82, 2.24) is 0 Å². The summed E-state index contributed by atoms with van der Waals surface area (Å²) in [5, 5.41) is 69.8. The van der Waals surface area contributed by atoms with Crippen LogP contribution in [0.2, 0.25) is 0 Å². The maximum Gasteiger partial charge on any atom is 0.229 e. The van der Waals surface area contributed by atoms with Gasteiger partial charge in [0.25, 0.3) is 0 Å². The van der Waals surface area contributed by atoms with Crippen molar-refractivity contribution in [3.05, 3.63) is 41.5 Å². The molecule has 2 heterocycles. The number of ether oxygens (including phenoxy) is 4. The minimum Gasteiger partial charge on any atom is -0.504 e. The summed E-state index contributed by atoms with van der Waals surface area (Å²) < 4.78 is 22.5. The van der Waals surface area contributed by atoms with Gasteiger partial charge in [0.05, 0.1) is 19.8 Å². The van der Waals surface area contributed by atoms with Gasteiger partial charge in [-0.2, -0.15) is 0 Å². The average molecular weight is 466 g/mol. The predicted molar refractivity (Wildman–Crippen MR) is 110 cm³/mol. The number of fused-ring (bicyclic) bond motifs is 1. The maximum atomic E-state index is 10.8. The van der Waals surface area contributed by atoms with E-state index in [2.05, 4.69) is 0 Å². The van der Waals surface area contributed by atoms with Crippen molar-refractivity contribution in [2.45, 2.75) is 49.3 Å². The van der Waals surface area contributed by atoms with E-state index < -0.39 is 49.5 Å². The Morgan fingerprint density at radius 2 is 1.73 bits per heavy atom. The van der Waals surface area contributed by atoms with Crippen LogP contribution in [0.3, 0.4) is 0 Å². The number of aliphatic hydroxyl groups excluding tert-OH is 5. The van der Waals surface area contributed by atoms with Crippen LogP contribution in [0, 0.1) is 0 Å². The van der Waals surface area contributed by atoms with Crippen molar-refractivity contribution in [1.29, 1.82) is 0 Å². The summed E-state index contributed by atoms with van der Waals surface area (Å²) >= 11 is 0. The Morgan fingerprint density at radius 3 is 2.39 bits per heavy atom. The highest BCUT2D eigenvalue weighted by atomic mass is 16.7. The third-order valence-electron chi connectivity index (χ3n) is 5.81. The summed E-state index contributed by atoms with van der Waals surface area (Å²) in [6.07, 6.45) is -9.22. The molecule has 11 heteroatoms. The van der Waals surface area contributed by atoms with Crippen LogP contribution in [0.15, 0.2) is 30.3 Å². The van der Waals surface area contributed by atoms with Crippen molar-refractivity contribution in [2.75, 3.05) is 13.7 Å². The third-order valence-corrected chi connectivity index (χ3v) is 5.81. The van der Waals surface area contributed by atoms with Gasteiger partial charge in [0.15, 0.2) is 11.5 Å². The van der Waals surface area contributed by atoms with Gasteiger partial charge in [-0.1, -0.05) is 6.07 Å². The molecule has 0 aromatic heterocycles. The van der Waals surface area contributed by atoms with Gasteiger partial charge < -0.3 is 54.7 Å². The van der Waals surface area contributed by atoms with Crippen molar-refractivity contribution in [3.8, 4) is 28.7 Å². The van der Waals surface area contributed by atoms with Crippen LogP contribution in [0.25, 0.3) is 0 Å². The van der Waals surface area contributed by atoms with E-state index in [4.69, 9.17) is 18.9 Å². The molecule has 0 saturated carbocycles. The minimum atomic E-state index is -1.62. The van der Waals surface area contributed by atoms with Gasteiger partial charge >= 0.3 is 0 Å². The fourth-order valence-corrected chi connectivity index (χ4v) is 3.95. The molecule has 0 aliphatic carbocycles. The topological polar surface area (TPSA) is 179 Å². The molecule has 1 fully saturated rings. The van der Waals surface area contributed by atoms with E-state index in [9.17, 15) is 35.7 Å². The molecular weight excluding hydrogens is 440 g/mol. The average Bonchev–Trinajstić information content (AvgIpc) is 2.81. The van der Waals surface area contributed by atoms with E-state index in [1.54, 1.807) is 6.07 Å². The van der Waals surface area contributed by atoms with Gasteiger partial charge in [-0.25, -0.2) is 0 Å². The molecule has 2 aliphatic heterocycles. The number of phenolic OH excluding ortho intramolecular Hbond substituents is 2. The quantitative estimate of drug-likeness (QED) is 0.278. The zero-order valence-electron chi connectivity index (χ0n) is 17.6. The lowest BCUT2D eigenvalue weighted by Crippen LogP contribution is -2.60. The highest BCUT2D eigenvalue weighted by molar-refractivity contribution is 5.53. The SMILES string of the molecule is COc1cc(OC2OC(CO)C(O)C(O)C2O)c2c(c1)OC(c1ccc(O)c(O)c1)C(O)C2. The molecule has 11 nitrogen and oxygen atoms in total. The monoisotopic (exact) mass is 466 g/mol. The first kappa shape index (κ1) is 23.4. The normalized spacial score (nSPS) is 31.4. The summed E-state index contributed by atoms with van der Waals surface area (Å²) in [5.41, 5.74) is 0.863. The molecule has 0 amide bonds. The Hall–Kier alpha value is -2.80. The second-order valence-corrected chi connectivity index (χ2v) is 7.98. The molecule has 2 aliphatic rings. The molecule has 7 N–H and O–H groups in total. The summed E-state index contributed by atoms with van der Waals surface area (Å²) in [6, 6.07) is 7.16. The van der Waals surface area contributed by atoms with Crippen molar-refractivity contribution < 1.29 is 54.7 Å². The fourth-order valence-electron chi connectivity index (χ4n) is 3.95. The lowest BCUT2D eigenvalue weighted by molar-refractivity contribution is -0.277. The summed E-state index contributed by atoms with van der Waals surface area (Å²) in [7, 11) is 1.42. The highest BCUT2D eigenvalue weighted by Crippen LogP contribution is 2.44. The number of benzene rings is 2. The van der Waals surface area contributed by atoms with Gasteiger partial charge in [-0.3, -0.25) is 0 Å². The Bertz CT molecular complexity index is 995.